The largest absolute Gasteiger partial charge is 0.335 e. The Morgan fingerprint density at radius 1 is 1.44 bits per heavy atom. The highest BCUT2D eigenvalue weighted by atomic mass is 79.9. The minimum Gasteiger partial charge on any atom is -0.307 e. The number of pyridine rings is 1. The van der Waals surface area contributed by atoms with Gasteiger partial charge in [0.2, 0.25) is 0 Å². The highest BCUT2D eigenvalue weighted by Crippen LogP contribution is 2.13. The van der Waals surface area contributed by atoms with Crippen molar-refractivity contribution in [1.29, 1.82) is 0 Å². The summed E-state index contributed by atoms with van der Waals surface area (Å²) in [5, 5.41) is 10.7. The van der Waals surface area contributed by atoms with Crippen molar-refractivity contribution in [1.82, 2.24) is 9.47 Å². The van der Waals surface area contributed by atoms with E-state index in [0.29, 0.717) is 17.6 Å². The lowest BCUT2D eigenvalue weighted by Crippen LogP contribution is -2.31. The average Bonchev–Trinajstić information content (AvgIpc) is 2.33. The molecule has 0 unspecified atom stereocenters. The van der Waals surface area contributed by atoms with Crippen molar-refractivity contribution in [2.75, 3.05) is 19.6 Å². The Hall–Kier alpha value is -1.21. The summed E-state index contributed by atoms with van der Waals surface area (Å²) in [7, 11) is 0. The van der Waals surface area contributed by atoms with Gasteiger partial charge in [0.15, 0.2) is 0 Å². The molecule has 7 heteroatoms. The third-order valence-electron chi connectivity index (χ3n) is 2.78. The minimum atomic E-state index is -0.652. The van der Waals surface area contributed by atoms with Gasteiger partial charge in [-0.3, -0.25) is 14.9 Å². The summed E-state index contributed by atoms with van der Waals surface area (Å²) in [6.45, 7) is 7.00. The molecule has 0 saturated carbocycles. The lowest BCUT2D eigenvalue weighted by molar-refractivity contribution is -0.386. The van der Waals surface area contributed by atoms with Gasteiger partial charge >= 0.3 is 11.2 Å². The summed E-state index contributed by atoms with van der Waals surface area (Å²) < 4.78 is 1.91. The monoisotopic (exact) mass is 317 g/mol. The average molecular weight is 318 g/mol. The summed E-state index contributed by atoms with van der Waals surface area (Å²) >= 11 is 3.18. The quantitative estimate of drug-likeness (QED) is 0.593. The molecule has 18 heavy (non-hydrogen) atoms. The normalized spacial score (nSPS) is 10.9. The van der Waals surface area contributed by atoms with E-state index in [4.69, 9.17) is 0 Å². The van der Waals surface area contributed by atoms with E-state index in [9.17, 15) is 14.9 Å². The van der Waals surface area contributed by atoms with Crippen molar-refractivity contribution in [3.05, 3.63) is 37.2 Å². The first-order chi connectivity index (χ1) is 8.49. The SMILES string of the molecule is CCN(CC)CCn1cc(Br)cc([N+](=O)[O-])c1=O. The van der Waals surface area contributed by atoms with E-state index in [0.717, 1.165) is 13.1 Å². The van der Waals surface area contributed by atoms with Gasteiger partial charge in [-0.2, -0.15) is 0 Å². The second kappa shape index (κ2) is 6.65. The molecule has 6 nitrogen and oxygen atoms in total. The van der Waals surface area contributed by atoms with E-state index in [1.807, 2.05) is 13.8 Å². The lowest BCUT2D eigenvalue weighted by Gasteiger charge is -2.18. The fourth-order valence-electron chi connectivity index (χ4n) is 1.67. The summed E-state index contributed by atoms with van der Waals surface area (Å²) in [4.78, 5) is 24.1. The molecule has 0 N–H and O–H groups in total. The molecule has 0 aromatic carbocycles. The number of rotatable bonds is 6. The molecule has 1 aromatic heterocycles. The molecule has 100 valence electrons. The molecule has 0 bridgehead atoms. The molecule has 0 amide bonds. The molecule has 0 fully saturated rings. The van der Waals surface area contributed by atoms with Crippen LogP contribution in [0.5, 0.6) is 0 Å². The van der Waals surface area contributed by atoms with Crippen LogP contribution in [0, 0.1) is 10.1 Å². The van der Waals surface area contributed by atoms with Crippen molar-refractivity contribution < 1.29 is 4.92 Å². The Balaban J connectivity index is 2.96. The second-order valence-corrected chi connectivity index (χ2v) is 4.74. The number of aromatic nitrogens is 1. The van der Waals surface area contributed by atoms with Crippen molar-refractivity contribution in [3.63, 3.8) is 0 Å². The Kier molecular flexibility index (Phi) is 5.49. The molecule has 0 aliphatic heterocycles. The second-order valence-electron chi connectivity index (χ2n) is 3.83. The topological polar surface area (TPSA) is 68.4 Å². The summed E-state index contributed by atoms with van der Waals surface area (Å²) in [6.07, 6.45) is 1.58. The van der Waals surface area contributed by atoms with Crippen molar-refractivity contribution in [3.8, 4) is 0 Å². The third kappa shape index (κ3) is 3.64. The maximum absolute atomic E-state index is 11.8. The zero-order valence-electron chi connectivity index (χ0n) is 10.4. The predicted molar refractivity (Wildman–Crippen MR) is 72.8 cm³/mol. The lowest BCUT2D eigenvalue weighted by atomic mass is 10.4. The molecule has 0 spiro atoms. The van der Waals surface area contributed by atoms with E-state index in [1.54, 1.807) is 6.20 Å². The Morgan fingerprint density at radius 2 is 2.06 bits per heavy atom. The van der Waals surface area contributed by atoms with Crippen molar-refractivity contribution in [2.45, 2.75) is 20.4 Å². The summed E-state index contributed by atoms with van der Waals surface area (Å²) in [5.41, 5.74) is -0.959. The van der Waals surface area contributed by atoms with Crippen molar-refractivity contribution in [2.24, 2.45) is 0 Å². The fourth-order valence-corrected chi connectivity index (χ4v) is 2.13. The van der Waals surface area contributed by atoms with E-state index >= 15 is 0 Å². The van der Waals surface area contributed by atoms with Crippen LogP contribution in [0.4, 0.5) is 5.69 Å². The number of halogens is 1. The van der Waals surface area contributed by atoms with Crippen LogP contribution in [-0.2, 0) is 6.54 Å². The zero-order chi connectivity index (χ0) is 13.7. The number of likely N-dealkylation sites (N-methyl/N-ethyl adjacent to an activating group) is 1. The van der Waals surface area contributed by atoms with Crippen LogP contribution < -0.4 is 5.56 Å². The smallest absolute Gasteiger partial charge is 0.307 e. The van der Waals surface area contributed by atoms with E-state index in [2.05, 4.69) is 20.8 Å². The van der Waals surface area contributed by atoms with E-state index in [-0.39, 0.29) is 0 Å². The van der Waals surface area contributed by atoms with Gasteiger partial charge in [-0.05, 0) is 29.0 Å². The number of hydrogen-bond acceptors (Lipinski definition) is 4. The van der Waals surface area contributed by atoms with E-state index < -0.39 is 16.2 Å². The summed E-state index contributed by atoms with van der Waals surface area (Å²) in [6, 6.07) is 1.23. The molecule has 0 radical (unpaired) electrons. The Morgan fingerprint density at radius 3 is 2.56 bits per heavy atom. The first-order valence-electron chi connectivity index (χ1n) is 5.76. The van der Waals surface area contributed by atoms with Gasteiger partial charge in [0.05, 0.1) is 4.92 Å². The van der Waals surface area contributed by atoms with Gasteiger partial charge in [0.25, 0.3) is 0 Å². The molecule has 0 saturated heterocycles. The fraction of sp³-hybridized carbons (Fsp3) is 0.545. The molecule has 1 heterocycles. The first kappa shape index (κ1) is 14.8. The van der Waals surface area contributed by atoms with Gasteiger partial charge in [0.1, 0.15) is 0 Å². The Bertz CT molecular complexity index is 483. The highest BCUT2D eigenvalue weighted by Gasteiger charge is 2.15. The van der Waals surface area contributed by atoms with Gasteiger partial charge in [-0.15, -0.1) is 0 Å². The van der Waals surface area contributed by atoms with Crippen LogP contribution in [0.15, 0.2) is 21.5 Å². The van der Waals surface area contributed by atoms with Crippen molar-refractivity contribution >= 4 is 21.6 Å². The van der Waals surface area contributed by atoms with Gasteiger partial charge in [-0.25, -0.2) is 0 Å². The molecule has 1 rings (SSSR count). The Labute approximate surface area is 113 Å². The minimum absolute atomic E-state index is 0.399. The zero-order valence-corrected chi connectivity index (χ0v) is 12.0. The van der Waals surface area contributed by atoms with Gasteiger partial charge in [-0.1, -0.05) is 13.8 Å². The standard InChI is InChI=1S/C11H16BrN3O3/c1-3-13(4-2)5-6-14-8-9(12)7-10(11(14)16)15(17)18/h7-8H,3-6H2,1-2H3. The number of nitrogens with zero attached hydrogens (tertiary/aromatic N) is 3. The highest BCUT2D eigenvalue weighted by molar-refractivity contribution is 9.10. The van der Waals surface area contributed by atoms with Crippen LogP contribution >= 0.6 is 15.9 Å². The third-order valence-corrected chi connectivity index (χ3v) is 3.22. The first-order valence-corrected chi connectivity index (χ1v) is 6.55. The van der Waals surface area contributed by atoms with Gasteiger partial charge < -0.3 is 9.47 Å². The summed E-state index contributed by atoms with van der Waals surface area (Å²) in [5.74, 6) is 0. The van der Waals surface area contributed by atoms with Crippen LogP contribution in [0.3, 0.4) is 0 Å². The molecule has 0 aliphatic rings. The number of hydrogen-bond donors (Lipinski definition) is 0. The molecular formula is C11H16BrN3O3. The van der Waals surface area contributed by atoms with Crippen LogP contribution in [0.2, 0.25) is 0 Å². The molecule has 0 atom stereocenters. The predicted octanol–water partition coefficient (Wildman–Crippen LogP) is 1.86. The van der Waals surface area contributed by atoms with Crippen LogP contribution in [0.25, 0.3) is 0 Å². The number of nitro groups is 1. The van der Waals surface area contributed by atoms with Crippen LogP contribution in [0.1, 0.15) is 13.8 Å². The van der Waals surface area contributed by atoms with Gasteiger partial charge in [0, 0.05) is 29.8 Å². The molecule has 0 aliphatic carbocycles. The molecular weight excluding hydrogens is 302 g/mol. The van der Waals surface area contributed by atoms with E-state index in [1.165, 1.54) is 10.6 Å². The maximum Gasteiger partial charge on any atom is 0.335 e. The van der Waals surface area contributed by atoms with Crippen LogP contribution in [-0.4, -0.2) is 34.0 Å². The maximum atomic E-state index is 11.8. The molecule has 1 aromatic rings.